The number of nitrogens with two attached hydrogens (primary N) is 2. The van der Waals surface area contributed by atoms with E-state index in [1.807, 2.05) is 0 Å². The third kappa shape index (κ3) is 7.22. The van der Waals surface area contributed by atoms with Gasteiger partial charge >= 0.3 is 5.97 Å². The molecule has 0 spiro atoms. The number of aliphatic carboxylic acids is 1. The van der Waals surface area contributed by atoms with Crippen LogP contribution in [0.1, 0.15) is 46.0 Å². The maximum absolute atomic E-state index is 13.0. The Hall–Kier alpha value is -2.24. The molecule has 8 N–H and O–H groups in total. The van der Waals surface area contributed by atoms with Gasteiger partial charge < -0.3 is 37.2 Å². The topological polar surface area (TPSA) is 188 Å². The van der Waals surface area contributed by atoms with E-state index in [1.165, 1.54) is 4.90 Å². The summed E-state index contributed by atoms with van der Waals surface area (Å²) in [5, 5.41) is 23.6. The van der Waals surface area contributed by atoms with Crippen LogP contribution in [0.3, 0.4) is 0 Å². The van der Waals surface area contributed by atoms with Gasteiger partial charge in [0.1, 0.15) is 24.2 Å². The molecule has 0 aliphatic carbocycles. The molecule has 1 aliphatic rings. The van der Waals surface area contributed by atoms with Crippen molar-refractivity contribution in [2.24, 2.45) is 17.4 Å². The van der Waals surface area contributed by atoms with Crippen LogP contribution in [0.4, 0.5) is 0 Å². The van der Waals surface area contributed by atoms with Crippen LogP contribution >= 0.6 is 0 Å². The van der Waals surface area contributed by atoms with Gasteiger partial charge in [-0.1, -0.05) is 13.8 Å². The van der Waals surface area contributed by atoms with Crippen LogP contribution in [-0.2, 0) is 19.2 Å². The summed E-state index contributed by atoms with van der Waals surface area (Å²) >= 11 is 0. The van der Waals surface area contributed by atoms with Gasteiger partial charge in [-0.25, -0.2) is 4.79 Å². The number of aliphatic hydroxyl groups excluding tert-OH is 1. The number of carboxylic acids is 1. The minimum Gasteiger partial charge on any atom is -0.480 e. The number of carboxylic acid groups (broad SMARTS) is 1. The number of hydrogen-bond acceptors (Lipinski definition) is 7. The van der Waals surface area contributed by atoms with Crippen molar-refractivity contribution in [2.45, 2.75) is 70.1 Å². The van der Waals surface area contributed by atoms with Gasteiger partial charge in [0.15, 0.2) is 0 Å². The molecule has 1 heterocycles. The standard InChI is InChI=1S/C19H35N5O6/c1-11(2)15(18(28)24-9-5-7-14(24)19(29)30)23-17(27)13(6-3-4-8-20)22-16(26)12(21)10-25/h11-15,25H,3-10,20-21H2,1-2H3,(H,22,26)(H,23,27)(H,29,30). The number of carbonyl (C=O) groups excluding carboxylic acids is 3. The van der Waals surface area contributed by atoms with E-state index in [1.54, 1.807) is 13.8 Å². The summed E-state index contributed by atoms with van der Waals surface area (Å²) in [6.07, 6.45) is 2.45. The van der Waals surface area contributed by atoms with Crippen molar-refractivity contribution < 1.29 is 29.4 Å². The molecule has 3 amide bonds. The monoisotopic (exact) mass is 429 g/mol. The molecule has 0 aromatic carbocycles. The first-order valence-corrected chi connectivity index (χ1v) is 10.3. The summed E-state index contributed by atoms with van der Waals surface area (Å²) in [7, 11) is 0. The number of amides is 3. The smallest absolute Gasteiger partial charge is 0.326 e. The van der Waals surface area contributed by atoms with Crippen molar-refractivity contribution in [1.82, 2.24) is 15.5 Å². The molecular weight excluding hydrogens is 394 g/mol. The molecule has 172 valence electrons. The number of unbranched alkanes of at least 4 members (excludes halogenated alkanes) is 1. The predicted octanol–water partition coefficient (Wildman–Crippen LogP) is -1.86. The summed E-state index contributed by atoms with van der Waals surface area (Å²) in [6.45, 7) is 3.67. The fraction of sp³-hybridized carbons (Fsp3) is 0.789. The van der Waals surface area contributed by atoms with Gasteiger partial charge in [0.05, 0.1) is 6.61 Å². The van der Waals surface area contributed by atoms with Crippen molar-refractivity contribution in [3.63, 3.8) is 0 Å². The van der Waals surface area contributed by atoms with Crippen molar-refractivity contribution in [3.8, 4) is 0 Å². The molecular formula is C19H35N5O6. The normalized spacial score (nSPS) is 19.3. The molecule has 1 saturated heterocycles. The second-order valence-electron chi connectivity index (χ2n) is 7.89. The first-order chi connectivity index (χ1) is 14.1. The minimum atomic E-state index is -1.17. The second kappa shape index (κ2) is 12.5. The maximum atomic E-state index is 13.0. The van der Waals surface area contributed by atoms with E-state index < -0.39 is 54.5 Å². The summed E-state index contributed by atoms with van der Waals surface area (Å²) < 4.78 is 0. The van der Waals surface area contributed by atoms with E-state index >= 15 is 0 Å². The molecule has 11 heteroatoms. The van der Waals surface area contributed by atoms with E-state index in [0.717, 1.165) is 0 Å². The fourth-order valence-corrected chi connectivity index (χ4v) is 3.36. The molecule has 4 atom stereocenters. The number of nitrogens with zero attached hydrogens (tertiary/aromatic N) is 1. The fourth-order valence-electron chi connectivity index (χ4n) is 3.36. The molecule has 0 bridgehead atoms. The SMILES string of the molecule is CC(C)C(NC(=O)C(CCCCN)NC(=O)C(N)CO)C(=O)N1CCCC1C(=O)O. The maximum Gasteiger partial charge on any atom is 0.326 e. The van der Waals surface area contributed by atoms with E-state index in [0.29, 0.717) is 38.8 Å². The van der Waals surface area contributed by atoms with Crippen LogP contribution in [0.25, 0.3) is 0 Å². The Morgan fingerprint density at radius 3 is 2.33 bits per heavy atom. The first kappa shape index (κ1) is 25.8. The lowest BCUT2D eigenvalue weighted by Crippen LogP contribution is -2.58. The molecule has 1 rings (SSSR count). The molecule has 30 heavy (non-hydrogen) atoms. The predicted molar refractivity (Wildman–Crippen MR) is 109 cm³/mol. The van der Waals surface area contributed by atoms with Crippen molar-refractivity contribution in [2.75, 3.05) is 19.7 Å². The average Bonchev–Trinajstić information content (AvgIpc) is 3.19. The molecule has 11 nitrogen and oxygen atoms in total. The number of carbonyl (C=O) groups is 4. The van der Waals surface area contributed by atoms with E-state index in [9.17, 15) is 24.3 Å². The average molecular weight is 430 g/mol. The van der Waals surface area contributed by atoms with Crippen LogP contribution in [0.5, 0.6) is 0 Å². The van der Waals surface area contributed by atoms with E-state index in [2.05, 4.69) is 10.6 Å². The Morgan fingerprint density at radius 1 is 1.13 bits per heavy atom. The molecule has 1 fully saturated rings. The molecule has 0 radical (unpaired) electrons. The highest BCUT2D eigenvalue weighted by molar-refractivity contribution is 5.94. The summed E-state index contributed by atoms with van der Waals surface area (Å²) in [4.78, 5) is 50.7. The summed E-state index contributed by atoms with van der Waals surface area (Å²) in [5.74, 6) is -3.06. The van der Waals surface area contributed by atoms with Gasteiger partial charge in [0.25, 0.3) is 0 Å². The van der Waals surface area contributed by atoms with Gasteiger partial charge in [-0.05, 0) is 44.6 Å². The highest BCUT2D eigenvalue weighted by Crippen LogP contribution is 2.20. The number of likely N-dealkylation sites (tertiary alicyclic amines) is 1. The molecule has 0 aromatic rings. The third-order valence-corrected chi connectivity index (χ3v) is 5.16. The Kier molecular flexibility index (Phi) is 10.7. The van der Waals surface area contributed by atoms with Gasteiger partial charge in [0.2, 0.25) is 17.7 Å². The van der Waals surface area contributed by atoms with Gasteiger partial charge in [-0.2, -0.15) is 0 Å². The van der Waals surface area contributed by atoms with Gasteiger partial charge in [-0.3, -0.25) is 14.4 Å². The van der Waals surface area contributed by atoms with Gasteiger partial charge in [-0.15, -0.1) is 0 Å². The van der Waals surface area contributed by atoms with E-state index in [4.69, 9.17) is 16.6 Å². The zero-order valence-electron chi connectivity index (χ0n) is 17.7. The second-order valence-corrected chi connectivity index (χ2v) is 7.89. The van der Waals surface area contributed by atoms with Gasteiger partial charge in [0, 0.05) is 6.54 Å². The minimum absolute atomic E-state index is 0.285. The lowest BCUT2D eigenvalue weighted by molar-refractivity contribution is -0.150. The quantitative estimate of drug-likeness (QED) is 0.195. The number of hydrogen-bond donors (Lipinski definition) is 6. The van der Waals surface area contributed by atoms with Crippen LogP contribution in [0.2, 0.25) is 0 Å². The summed E-state index contributed by atoms with van der Waals surface area (Å²) in [5.41, 5.74) is 11.0. The highest BCUT2D eigenvalue weighted by Gasteiger charge is 2.39. The largest absolute Gasteiger partial charge is 0.480 e. The molecule has 0 aromatic heterocycles. The highest BCUT2D eigenvalue weighted by atomic mass is 16.4. The zero-order chi connectivity index (χ0) is 22.8. The van der Waals surface area contributed by atoms with Crippen molar-refractivity contribution in [1.29, 1.82) is 0 Å². The Bertz CT molecular complexity index is 614. The third-order valence-electron chi connectivity index (χ3n) is 5.16. The lowest BCUT2D eigenvalue weighted by Gasteiger charge is -2.30. The van der Waals surface area contributed by atoms with Crippen LogP contribution in [-0.4, -0.2) is 82.7 Å². The molecule has 4 unspecified atom stereocenters. The lowest BCUT2D eigenvalue weighted by atomic mass is 10.0. The Balaban J connectivity index is 2.93. The Labute approximate surface area is 176 Å². The van der Waals surface area contributed by atoms with Crippen molar-refractivity contribution in [3.05, 3.63) is 0 Å². The number of rotatable bonds is 12. The van der Waals surface area contributed by atoms with Crippen LogP contribution in [0, 0.1) is 5.92 Å². The first-order valence-electron chi connectivity index (χ1n) is 10.3. The van der Waals surface area contributed by atoms with Crippen molar-refractivity contribution >= 4 is 23.7 Å². The number of aliphatic hydroxyl groups is 1. The van der Waals surface area contributed by atoms with Crippen LogP contribution < -0.4 is 22.1 Å². The van der Waals surface area contributed by atoms with Crippen LogP contribution in [0.15, 0.2) is 0 Å². The van der Waals surface area contributed by atoms with E-state index in [-0.39, 0.29) is 12.3 Å². The number of nitrogens with one attached hydrogen (secondary N) is 2. The summed E-state index contributed by atoms with van der Waals surface area (Å²) in [6, 6.07) is -3.96. The molecule has 0 saturated carbocycles. The zero-order valence-corrected chi connectivity index (χ0v) is 17.7. The Morgan fingerprint density at radius 2 is 1.80 bits per heavy atom. The molecule has 1 aliphatic heterocycles.